The van der Waals surface area contributed by atoms with Crippen LogP contribution < -0.4 is 10.1 Å². The average molecular weight is 396 g/mol. The molecule has 1 saturated heterocycles. The van der Waals surface area contributed by atoms with Gasteiger partial charge in [0.25, 0.3) is 0 Å². The predicted octanol–water partition coefficient (Wildman–Crippen LogP) is 3.60. The largest absolute Gasteiger partial charge is 0.490 e. The number of likely N-dealkylation sites (tertiary alicyclic amines) is 1. The number of nitrogens with zero attached hydrogens (tertiary/aromatic N) is 3. The number of anilines is 1. The lowest BCUT2D eigenvalue weighted by molar-refractivity contribution is -0.133. The third kappa shape index (κ3) is 3.95. The Morgan fingerprint density at radius 3 is 2.59 bits per heavy atom. The minimum Gasteiger partial charge on any atom is -0.490 e. The SMILES string of the molecule is C[C@H](Nc1nnc(C2CC(Oc3ccccc3)C2)o1)C(=O)N1CCC2(CC1)CC2. The first-order valence-corrected chi connectivity index (χ1v) is 10.7. The van der Waals surface area contributed by atoms with E-state index in [1.807, 2.05) is 42.2 Å². The molecule has 3 aliphatic rings. The summed E-state index contributed by atoms with van der Waals surface area (Å²) in [6.45, 7) is 3.59. The van der Waals surface area contributed by atoms with Crippen LogP contribution in [0.25, 0.3) is 0 Å². The molecule has 1 aliphatic heterocycles. The standard InChI is InChI=1S/C22H28N4O3/c1-15(20(27)26-11-9-22(7-8-22)10-12-26)23-21-25-24-19(29-21)16-13-18(14-16)28-17-5-3-2-4-6-17/h2-6,15-16,18H,7-14H2,1H3,(H,23,25)/t15-,16?,18?/m0/s1. The van der Waals surface area contributed by atoms with Gasteiger partial charge in [0.05, 0.1) is 0 Å². The number of amides is 1. The van der Waals surface area contributed by atoms with Crippen LogP contribution in [0.3, 0.4) is 0 Å². The Kier molecular flexibility index (Phi) is 4.68. The van der Waals surface area contributed by atoms with Crippen molar-refractivity contribution in [2.24, 2.45) is 5.41 Å². The number of benzene rings is 1. The topological polar surface area (TPSA) is 80.5 Å². The van der Waals surface area contributed by atoms with E-state index >= 15 is 0 Å². The van der Waals surface area contributed by atoms with Crippen LogP contribution in [-0.4, -0.2) is 46.2 Å². The maximum absolute atomic E-state index is 12.7. The van der Waals surface area contributed by atoms with Crippen molar-refractivity contribution < 1.29 is 13.9 Å². The van der Waals surface area contributed by atoms with E-state index in [1.165, 1.54) is 12.8 Å². The van der Waals surface area contributed by atoms with Gasteiger partial charge in [-0.1, -0.05) is 23.3 Å². The molecule has 1 aromatic carbocycles. The average Bonchev–Trinajstić information content (AvgIpc) is 3.31. The zero-order valence-corrected chi connectivity index (χ0v) is 16.8. The van der Waals surface area contributed by atoms with Crippen molar-refractivity contribution in [3.8, 4) is 5.75 Å². The number of ether oxygens (including phenoxy) is 1. The van der Waals surface area contributed by atoms with Gasteiger partial charge in [-0.2, -0.15) is 0 Å². The highest BCUT2D eigenvalue weighted by molar-refractivity contribution is 5.83. The Bertz CT molecular complexity index is 848. The highest BCUT2D eigenvalue weighted by atomic mass is 16.5. The summed E-state index contributed by atoms with van der Waals surface area (Å²) in [5, 5.41) is 11.3. The Morgan fingerprint density at radius 2 is 1.90 bits per heavy atom. The molecule has 1 amide bonds. The number of para-hydroxylation sites is 1. The van der Waals surface area contributed by atoms with Gasteiger partial charge in [0.15, 0.2) is 0 Å². The highest BCUT2D eigenvalue weighted by Gasteiger charge is 2.45. The van der Waals surface area contributed by atoms with Gasteiger partial charge in [0.1, 0.15) is 17.9 Å². The summed E-state index contributed by atoms with van der Waals surface area (Å²) in [6.07, 6.45) is 6.87. The van der Waals surface area contributed by atoms with E-state index in [2.05, 4.69) is 15.5 Å². The monoisotopic (exact) mass is 396 g/mol. The molecule has 2 aliphatic carbocycles. The van der Waals surface area contributed by atoms with Crippen LogP contribution in [0.15, 0.2) is 34.7 Å². The normalized spacial score (nSPS) is 25.9. The van der Waals surface area contributed by atoms with E-state index in [0.29, 0.717) is 17.3 Å². The number of rotatable bonds is 6. The van der Waals surface area contributed by atoms with Crippen molar-refractivity contribution >= 4 is 11.9 Å². The molecule has 154 valence electrons. The second kappa shape index (κ2) is 7.35. The Balaban J connectivity index is 1.10. The summed E-state index contributed by atoms with van der Waals surface area (Å²) in [5.41, 5.74) is 0.569. The van der Waals surface area contributed by atoms with E-state index in [9.17, 15) is 4.79 Å². The zero-order valence-electron chi connectivity index (χ0n) is 16.8. The fourth-order valence-corrected chi connectivity index (χ4v) is 4.41. The van der Waals surface area contributed by atoms with Crippen LogP contribution in [0.5, 0.6) is 5.75 Å². The molecule has 1 atom stereocenters. The lowest BCUT2D eigenvalue weighted by atomic mass is 9.82. The molecular formula is C22H28N4O3. The fraction of sp³-hybridized carbons (Fsp3) is 0.591. The third-order valence-electron chi connectivity index (χ3n) is 6.73. The Morgan fingerprint density at radius 1 is 1.17 bits per heavy atom. The summed E-state index contributed by atoms with van der Waals surface area (Å²) >= 11 is 0. The number of carbonyl (C=O) groups is 1. The molecule has 1 aromatic heterocycles. The first-order chi connectivity index (χ1) is 14.1. The second-order valence-electron chi connectivity index (χ2n) is 8.86. The molecule has 0 radical (unpaired) electrons. The minimum absolute atomic E-state index is 0.111. The quantitative estimate of drug-likeness (QED) is 0.804. The van der Waals surface area contributed by atoms with Crippen LogP contribution in [0.2, 0.25) is 0 Å². The summed E-state index contributed by atoms with van der Waals surface area (Å²) < 4.78 is 11.7. The molecule has 0 bridgehead atoms. The van der Waals surface area contributed by atoms with Gasteiger partial charge < -0.3 is 19.4 Å². The Hall–Kier alpha value is -2.57. The number of hydrogen-bond donors (Lipinski definition) is 1. The van der Waals surface area contributed by atoms with Crippen LogP contribution >= 0.6 is 0 Å². The molecule has 2 aromatic rings. The Labute approximate surface area is 170 Å². The lowest BCUT2D eigenvalue weighted by Crippen LogP contribution is -2.45. The summed E-state index contributed by atoms with van der Waals surface area (Å²) in [7, 11) is 0. The van der Waals surface area contributed by atoms with Crippen molar-refractivity contribution in [1.29, 1.82) is 0 Å². The van der Waals surface area contributed by atoms with Crippen molar-refractivity contribution in [2.45, 2.75) is 63.5 Å². The van der Waals surface area contributed by atoms with Crippen LogP contribution in [0, 0.1) is 5.41 Å². The van der Waals surface area contributed by atoms with Crippen molar-refractivity contribution in [1.82, 2.24) is 15.1 Å². The van der Waals surface area contributed by atoms with E-state index in [-0.39, 0.29) is 24.0 Å². The molecule has 5 rings (SSSR count). The number of carbonyl (C=O) groups excluding carboxylic acids is 1. The van der Waals surface area contributed by atoms with Gasteiger partial charge in [-0.25, -0.2) is 0 Å². The molecular weight excluding hydrogens is 368 g/mol. The first kappa shape index (κ1) is 18.5. The predicted molar refractivity (Wildman–Crippen MR) is 108 cm³/mol. The molecule has 3 fully saturated rings. The smallest absolute Gasteiger partial charge is 0.316 e. The fourth-order valence-electron chi connectivity index (χ4n) is 4.41. The lowest BCUT2D eigenvalue weighted by Gasteiger charge is -2.33. The molecule has 2 saturated carbocycles. The molecule has 1 spiro atoms. The van der Waals surface area contributed by atoms with Gasteiger partial charge >= 0.3 is 6.01 Å². The first-order valence-electron chi connectivity index (χ1n) is 10.7. The summed E-state index contributed by atoms with van der Waals surface area (Å²) in [5.74, 6) is 1.84. The van der Waals surface area contributed by atoms with Gasteiger partial charge in [-0.05, 0) is 63.0 Å². The van der Waals surface area contributed by atoms with E-state index in [4.69, 9.17) is 9.15 Å². The molecule has 2 heterocycles. The number of aromatic nitrogens is 2. The maximum Gasteiger partial charge on any atom is 0.316 e. The zero-order chi connectivity index (χ0) is 19.8. The second-order valence-corrected chi connectivity index (χ2v) is 8.86. The maximum atomic E-state index is 12.7. The molecule has 1 N–H and O–H groups in total. The molecule has 29 heavy (non-hydrogen) atoms. The van der Waals surface area contributed by atoms with Crippen LogP contribution in [0.4, 0.5) is 6.01 Å². The van der Waals surface area contributed by atoms with Crippen molar-refractivity contribution in [3.63, 3.8) is 0 Å². The van der Waals surface area contributed by atoms with Crippen molar-refractivity contribution in [3.05, 3.63) is 36.2 Å². The highest BCUT2D eigenvalue weighted by Crippen LogP contribution is 2.53. The van der Waals surface area contributed by atoms with Gasteiger partial charge in [-0.15, -0.1) is 5.10 Å². The third-order valence-corrected chi connectivity index (χ3v) is 6.73. The minimum atomic E-state index is -0.368. The van der Waals surface area contributed by atoms with Crippen LogP contribution in [-0.2, 0) is 4.79 Å². The van der Waals surface area contributed by atoms with Crippen molar-refractivity contribution in [2.75, 3.05) is 18.4 Å². The molecule has 0 unspecified atom stereocenters. The van der Waals surface area contributed by atoms with E-state index in [0.717, 1.165) is 44.5 Å². The summed E-state index contributed by atoms with van der Waals surface area (Å²) in [4.78, 5) is 14.7. The number of piperidine rings is 1. The van der Waals surface area contributed by atoms with Gasteiger partial charge in [-0.3, -0.25) is 4.79 Å². The number of hydrogen-bond acceptors (Lipinski definition) is 6. The molecule has 7 nitrogen and oxygen atoms in total. The van der Waals surface area contributed by atoms with E-state index < -0.39 is 0 Å². The van der Waals surface area contributed by atoms with Gasteiger partial charge in [0.2, 0.25) is 11.8 Å². The molecule has 7 heteroatoms. The van der Waals surface area contributed by atoms with Crippen LogP contribution in [0.1, 0.15) is 57.3 Å². The summed E-state index contributed by atoms with van der Waals surface area (Å²) in [6, 6.07) is 9.80. The van der Waals surface area contributed by atoms with Gasteiger partial charge in [0, 0.05) is 19.0 Å². The number of nitrogens with one attached hydrogen (secondary N) is 1. The van der Waals surface area contributed by atoms with E-state index in [1.54, 1.807) is 0 Å².